The minimum Gasteiger partial charge on any atom is -0.496 e. The van der Waals surface area contributed by atoms with E-state index in [1.165, 1.54) is 12.1 Å². The van der Waals surface area contributed by atoms with E-state index in [-0.39, 0.29) is 5.88 Å². The molecule has 0 aliphatic carbocycles. The molecular weight excluding hydrogens is 248 g/mol. The van der Waals surface area contributed by atoms with Crippen LogP contribution < -0.4 is 10.5 Å². The molecule has 0 bridgehead atoms. The molecule has 2 aromatic rings. The van der Waals surface area contributed by atoms with Gasteiger partial charge in [-0.1, -0.05) is 12.1 Å². The molecule has 1 aromatic carbocycles. The Bertz CT molecular complexity index is 606. The van der Waals surface area contributed by atoms with Crippen LogP contribution in [0.4, 0.5) is 5.88 Å². The molecule has 6 nitrogen and oxygen atoms in total. The molecule has 1 atom stereocenters. The second kappa shape index (κ2) is 5.11. The van der Waals surface area contributed by atoms with Crippen molar-refractivity contribution in [1.29, 1.82) is 0 Å². The highest BCUT2D eigenvalue weighted by Gasteiger charge is 2.18. The zero-order valence-electron chi connectivity index (χ0n) is 10.6. The summed E-state index contributed by atoms with van der Waals surface area (Å²) >= 11 is 0. The summed E-state index contributed by atoms with van der Waals surface area (Å²) in [6.07, 6.45) is 0. The van der Waals surface area contributed by atoms with Crippen LogP contribution in [0, 0.1) is 17.0 Å². The van der Waals surface area contributed by atoms with Crippen LogP contribution in [0.5, 0.6) is 5.75 Å². The van der Waals surface area contributed by atoms with Gasteiger partial charge < -0.3 is 14.9 Å². The van der Waals surface area contributed by atoms with Crippen molar-refractivity contribution in [3.05, 3.63) is 57.3 Å². The summed E-state index contributed by atoms with van der Waals surface area (Å²) in [5.74, 6) is 0.813. The summed E-state index contributed by atoms with van der Waals surface area (Å²) in [6, 6.07) is 7.76. The molecule has 100 valence electrons. The fraction of sp³-hybridized carbons (Fsp3) is 0.231. The number of hydrogen-bond acceptors (Lipinski definition) is 5. The van der Waals surface area contributed by atoms with Crippen LogP contribution in [-0.4, -0.2) is 12.0 Å². The largest absolute Gasteiger partial charge is 0.496 e. The predicted octanol–water partition coefficient (Wildman–Crippen LogP) is 2.55. The standard InChI is InChI=1S/C13H14N2O4/c1-8-7-9(3-4-10(8)18-2)13(14)11-5-6-12(19-11)15(16)17/h3-7,13H,14H2,1-2H3. The fourth-order valence-corrected chi connectivity index (χ4v) is 1.87. The predicted molar refractivity (Wildman–Crippen MR) is 69.1 cm³/mol. The Kier molecular flexibility index (Phi) is 3.52. The van der Waals surface area contributed by atoms with Crippen LogP contribution in [0.25, 0.3) is 0 Å². The minimum atomic E-state index is -0.588. The Labute approximate surface area is 109 Å². The molecule has 2 N–H and O–H groups in total. The minimum absolute atomic E-state index is 0.310. The molecule has 1 aromatic heterocycles. The second-order valence-corrected chi connectivity index (χ2v) is 4.14. The molecular formula is C13H14N2O4. The van der Waals surface area contributed by atoms with Crippen LogP contribution in [0.15, 0.2) is 34.7 Å². The van der Waals surface area contributed by atoms with Gasteiger partial charge in [-0.25, -0.2) is 0 Å². The first-order valence-electron chi connectivity index (χ1n) is 5.67. The van der Waals surface area contributed by atoms with Gasteiger partial charge in [0.2, 0.25) is 0 Å². The number of furan rings is 1. The topological polar surface area (TPSA) is 91.5 Å². The lowest BCUT2D eigenvalue weighted by atomic mass is 10.0. The molecule has 19 heavy (non-hydrogen) atoms. The quantitative estimate of drug-likeness (QED) is 0.675. The lowest BCUT2D eigenvalue weighted by Gasteiger charge is -2.11. The summed E-state index contributed by atoms with van der Waals surface area (Å²) in [6.45, 7) is 1.90. The Morgan fingerprint density at radius 1 is 1.37 bits per heavy atom. The van der Waals surface area contributed by atoms with E-state index in [2.05, 4.69) is 0 Å². The van der Waals surface area contributed by atoms with Crippen LogP contribution >= 0.6 is 0 Å². The average molecular weight is 262 g/mol. The first-order valence-corrected chi connectivity index (χ1v) is 5.67. The lowest BCUT2D eigenvalue weighted by molar-refractivity contribution is -0.402. The molecule has 1 unspecified atom stereocenters. The number of nitrogens with two attached hydrogens (primary N) is 1. The van der Waals surface area contributed by atoms with Crippen LogP contribution in [0.3, 0.4) is 0 Å². The van der Waals surface area contributed by atoms with Crippen molar-refractivity contribution >= 4 is 5.88 Å². The maximum absolute atomic E-state index is 10.6. The highest BCUT2D eigenvalue weighted by molar-refractivity contribution is 5.39. The first-order chi connectivity index (χ1) is 9.02. The van der Waals surface area contributed by atoms with Crippen molar-refractivity contribution < 1.29 is 14.1 Å². The Morgan fingerprint density at radius 2 is 2.11 bits per heavy atom. The van der Waals surface area contributed by atoms with E-state index in [0.717, 1.165) is 16.9 Å². The van der Waals surface area contributed by atoms with E-state index < -0.39 is 11.0 Å². The summed E-state index contributed by atoms with van der Waals surface area (Å²) in [5, 5.41) is 10.6. The maximum atomic E-state index is 10.6. The lowest BCUT2D eigenvalue weighted by Crippen LogP contribution is -2.11. The van der Waals surface area contributed by atoms with Gasteiger partial charge in [0, 0.05) is 0 Å². The SMILES string of the molecule is COc1ccc(C(N)c2ccc([N+](=O)[O-])o2)cc1C. The van der Waals surface area contributed by atoms with Gasteiger partial charge in [-0.3, -0.25) is 10.1 Å². The van der Waals surface area contributed by atoms with Gasteiger partial charge in [0.25, 0.3) is 0 Å². The molecule has 6 heteroatoms. The molecule has 0 aliphatic heterocycles. The number of hydrogen-bond donors (Lipinski definition) is 1. The Morgan fingerprint density at radius 3 is 2.63 bits per heavy atom. The molecule has 2 rings (SSSR count). The van der Waals surface area contributed by atoms with Crippen molar-refractivity contribution in [2.45, 2.75) is 13.0 Å². The van der Waals surface area contributed by atoms with Crippen molar-refractivity contribution in [3.63, 3.8) is 0 Å². The molecule has 0 fully saturated rings. The normalized spacial score (nSPS) is 12.2. The molecule has 1 heterocycles. The monoisotopic (exact) mass is 262 g/mol. The number of aryl methyl sites for hydroxylation is 1. The maximum Gasteiger partial charge on any atom is 0.433 e. The molecule has 0 aliphatic rings. The summed E-state index contributed by atoms with van der Waals surface area (Å²) in [4.78, 5) is 9.98. The van der Waals surface area contributed by atoms with Crippen molar-refractivity contribution in [2.24, 2.45) is 5.73 Å². The van der Waals surface area contributed by atoms with Gasteiger partial charge in [0.15, 0.2) is 0 Å². The van der Waals surface area contributed by atoms with Crippen LogP contribution in [0.2, 0.25) is 0 Å². The highest BCUT2D eigenvalue weighted by Crippen LogP contribution is 2.28. The zero-order chi connectivity index (χ0) is 14.0. The highest BCUT2D eigenvalue weighted by atomic mass is 16.6. The second-order valence-electron chi connectivity index (χ2n) is 4.14. The number of benzene rings is 1. The molecule has 0 spiro atoms. The van der Waals surface area contributed by atoms with Gasteiger partial charge in [0.05, 0.1) is 19.2 Å². The summed E-state index contributed by atoms with van der Waals surface area (Å²) in [5.41, 5.74) is 7.78. The molecule has 0 saturated heterocycles. The first kappa shape index (κ1) is 13.1. The number of nitro groups is 1. The van der Waals surface area contributed by atoms with Gasteiger partial charge >= 0.3 is 5.88 Å². The van der Waals surface area contributed by atoms with Crippen LogP contribution in [-0.2, 0) is 0 Å². The number of ether oxygens (including phenoxy) is 1. The van der Waals surface area contributed by atoms with E-state index in [4.69, 9.17) is 14.9 Å². The molecule has 0 amide bonds. The molecule has 0 saturated carbocycles. The Hall–Kier alpha value is -2.34. The van der Waals surface area contributed by atoms with Crippen molar-refractivity contribution in [3.8, 4) is 5.75 Å². The van der Waals surface area contributed by atoms with Crippen molar-refractivity contribution in [1.82, 2.24) is 0 Å². The van der Waals surface area contributed by atoms with E-state index in [0.29, 0.717) is 5.76 Å². The average Bonchev–Trinajstić information content (AvgIpc) is 2.87. The Balaban J connectivity index is 2.30. The van der Waals surface area contributed by atoms with E-state index in [1.54, 1.807) is 7.11 Å². The third-order valence-corrected chi connectivity index (χ3v) is 2.88. The van der Waals surface area contributed by atoms with Gasteiger partial charge in [-0.05, 0) is 30.2 Å². The van der Waals surface area contributed by atoms with Gasteiger partial charge in [-0.2, -0.15) is 0 Å². The fourth-order valence-electron chi connectivity index (χ4n) is 1.87. The zero-order valence-corrected chi connectivity index (χ0v) is 10.6. The third kappa shape index (κ3) is 2.58. The summed E-state index contributed by atoms with van der Waals surface area (Å²) in [7, 11) is 1.60. The van der Waals surface area contributed by atoms with E-state index in [1.807, 2.05) is 25.1 Å². The van der Waals surface area contributed by atoms with Gasteiger partial charge in [-0.15, -0.1) is 0 Å². The third-order valence-electron chi connectivity index (χ3n) is 2.88. The van der Waals surface area contributed by atoms with E-state index >= 15 is 0 Å². The number of rotatable bonds is 4. The van der Waals surface area contributed by atoms with Gasteiger partial charge in [0.1, 0.15) is 16.4 Å². The molecule has 0 radical (unpaired) electrons. The van der Waals surface area contributed by atoms with Crippen LogP contribution in [0.1, 0.15) is 22.9 Å². The smallest absolute Gasteiger partial charge is 0.433 e. The number of methoxy groups -OCH3 is 1. The number of nitrogens with zero attached hydrogens (tertiary/aromatic N) is 1. The summed E-state index contributed by atoms with van der Waals surface area (Å²) < 4.78 is 10.3. The van der Waals surface area contributed by atoms with Crippen molar-refractivity contribution in [2.75, 3.05) is 7.11 Å². The van der Waals surface area contributed by atoms with E-state index in [9.17, 15) is 10.1 Å².